The monoisotopic (exact) mass is 114 g/mol. The first-order valence-electron chi connectivity index (χ1n) is 3.05. The van der Waals surface area contributed by atoms with Crippen LogP contribution >= 0.6 is 0 Å². The summed E-state index contributed by atoms with van der Waals surface area (Å²) >= 11 is 0. The Hall–Kier alpha value is -0.300. The maximum Gasteiger partial charge on any atom is 0.0673 e. The van der Waals surface area contributed by atoms with Gasteiger partial charge in [0, 0.05) is 6.61 Å². The fourth-order valence-corrected chi connectivity index (χ4v) is 0.348. The number of rotatable bonds is 4. The quantitative estimate of drug-likeness (QED) is 0.508. The summed E-state index contributed by atoms with van der Waals surface area (Å²) in [6.07, 6.45) is 1.03. The van der Waals surface area contributed by atoms with E-state index in [2.05, 4.69) is 13.5 Å². The van der Waals surface area contributed by atoms with Crippen LogP contribution in [0.25, 0.3) is 0 Å². The third-order valence-corrected chi connectivity index (χ3v) is 1.01. The lowest BCUT2D eigenvalue weighted by molar-refractivity contribution is 0.169. The lowest BCUT2D eigenvalue weighted by atomic mass is 10.2. The minimum atomic E-state index is 0.729. The number of hydrogen-bond donors (Lipinski definition) is 0. The van der Waals surface area contributed by atoms with E-state index in [0.29, 0.717) is 0 Å². The van der Waals surface area contributed by atoms with Crippen LogP contribution in [0.15, 0.2) is 12.2 Å². The van der Waals surface area contributed by atoms with Gasteiger partial charge in [0.1, 0.15) is 0 Å². The molecule has 48 valence electrons. The smallest absolute Gasteiger partial charge is 0.0673 e. The van der Waals surface area contributed by atoms with Crippen molar-refractivity contribution in [3.63, 3.8) is 0 Å². The van der Waals surface area contributed by atoms with Crippen LogP contribution in [0.5, 0.6) is 0 Å². The van der Waals surface area contributed by atoms with Crippen LogP contribution in [0.4, 0.5) is 0 Å². The third-order valence-electron chi connectivity index (χ3n) is 1.01. The van der Waals surface area contributed by atoms with E-state index in [0.717, 1.165) is 19.6 Å². The molecule has 0 amide bonds. The summed E-state index contributed by atoms with van der Waals surface area (Å²) in [7, 11) is 0. The fraction of sp³-hybridized carbons (Fsp3) is 0.714. The van der Waals surface area contributed by atoms with Crippen LogP contribution < -0.4 is 0 Å². The Bertz CT molecular complexity index is 66.8. The molecule has 8 heavy (non-hydrogen) atoms. The minimum Gasteiger partial charge on any atom is -0.377 e. The molecule has 0 aliphatic carbocycles. The maximum absolute atomic E-state index is 5.09. The van der Waals surface area contributed by atoms with Gasteiger partial charge >= 0.3 is 0 Å². The number of hydrogen-bond acceptors (Lipinski definition) is 1. The average molecular weight is 114 g/mol. The Kier molecular flexibility index (Phi) is 4.67. The van der Waals surface area contributed by atoms with Gasteiger partial charge in [-0.3, -0.25) is 0 Å². The molecule has 1 nitrogen and oxygen atoms in total. The van der Waals surface area contributed by atoms with Crippen molar-refractivity contribution >= 4 is 0 Å². The van der Waals surface area contributed by atoms with Gasteiger partial charge in [-0.1, -0.05) is 19.1 Å². The van der Waals surface area contributed by atoms with Crippen molar-refractivity contribution in [2.75, 3.05) is 13.2 Å². The second-order valence-electron chi connectivity index (χ2n) is 1.74. The Morgan fingerprint density at radius 3 is 2.50 bits per heavy atom. The normalized spacial score (nSPS) is 9.25. The molecular weight excluding hydrogens is 100 g/mol. The van der Waals surface area contributed by atoms with Crippen LogP contribution in [-0.4, -0.2) is 13.2 Å². The second-order valence-corrected chi connectivity index (χ2v) is 1.74. The van der Waals surface area contributed by atoms with E-state index in [9.17, 15) is 0 Å². The Morgan fingerprint density at radius 1 is 1.50 bits per heavy atom. The van der Waals surface area contributed by atoms with Crippen molar-refractivity contribution in [1.29, 1.82) is 0 Å². The molecule has 0 heterocycles. The molecule has 0 aromatic heterocycles. The van der Waals surface area contributed by atoms with Crippen molar-refractivity contribution in [2.45, 2.75) is 20.3 Å². The molecule has 0 aliphatic heterocycles. The van der Waals surface area contributed by atoms with Crippen molar-refractivity contribution in [1.82, 2.24) is 0 Å². The van der Waals surface area contributed by atoms with Crippen molar-refractivity contribution in [3.8, 4) is 0 Å². The summed E-state index contributed by atoms with van der Waals surface area (Å²) in [5.41, 5.74) is 1.17. The lowest BCUT2D eigenvalue weighted by Gasteiger charge is -1.99. The first-order valence-corrected chi connectivity index (χ1v) is 3.05. The van der Waals surface area contributed by atoms with Crippen molar-refractivity contribution in [3.05, 3.63) is 12.2 Å². The highest BCUT2D eigenvalue weighted by molar-refractivity contribution is 4.91. The molecule has 0 saturated carbocycles. The van der Waals surface area contributed by atoms with E-state index in [-0.39, 0.29) is 0 Å². The topological polar surface area (TPSA) is 9.23 Å². The first kappa shape index (κ1) is 7.70. The summed E-state index contributed by atoms with van der Waals surface area (Å²) in [5.74, 6) is 0. The van der Waals surface area contributed by atoms with Crippen LogP contribution in [0.3, 0.4) is 0 Å². The van der Waals surface area contributed by atoms with Crippen molar-refractivity contribution < 1.29 is 4.74 Å². The molecular formula is C7H14O. The summed E-state index contributed by atoms with van der Waals surface area (Å²) in [4.78, 5) is 0. The van der Waals surface area contributed by atoms with E-state index < -0.39 is 0 Å². The van der Waals surface area contributed by atoms with E-state index in [1.54, 1.807) is 0 Å². The van der Waals surface area contributed by atoms with Crippen LogP contribution in [0.2, 0.25) is 0 Å². The van der Waals surface area contributed by atoms with E-state index in [1.807, 2.05) is 6.92 Å². The van der Waals surface area contributed by atoms with Gasteiger partial charge < -0.3 is 4.74 Å². The SMILES string of the molecule is C=C(CC)COCC. The molecule has 0 radical (unpaired) electrons. The van der Waals surface area contributed by atoms with Gasteiger partial charge in [0.2, 0.25) is 0 Å². The standard InChI is InChI=1S/C7H14O/c1-4-7(3)6-8-5-2/h3-6H2,1-2H3. The molecule has 0 spiro atoms. The molecule has 0 aromatic carbocycles. The van der Waals surface area contributed by atoms with Crippen molar-refractivity contribution in [2.24, 2.45) is 0 Å². The maximum atomic E-state index is 5.09. The summed E-state index contributed by atoms with van der Waals surface area (Å²) in [6.45, 7) is 9.38. The van der Waals surface area contributed by atoms with Gasteiger partial charge in [0.05, 0.1) is 6.61 Å². The number of ether oxygens (including phenoxy) is 1. The fourth-order valence-electron chi connectivity index (χ4n) is 0.348. The molecule has 0 saturated heterocycles. The Labute approximate surface area is 51.4 Å². The largest absolute Gasteiger partial charge is 0.377 e. The molecule has 0 rings (SSSR count). The Morgan fingerprint density at radius 2 is 2.12 bits per heavy atom. The first-order chi connectivity index (χ1) is 3.81. The van der Waals surface area contributed by atoms with Gasteiger partial charge in [0.15, 0.2) is 0 Å². The summed E-state index contributed by atoms with van der Waals surface area (Å²) < 4.78 is 5.09. The molecule has 1 heteroatoms. The lowest BCUT2D eigenvalue weighted by Crippen LogP contribution is -1.94. The molecule has 0 atom stereocenters. The highest BCUT2D eigenvalue weighted by Crippen LogP contribution is 1.95. The van der Waals surface area contributed by atoms with Gasteiger partial charge in [-0.15, -0.1) is 0 Å². The molecule has 0 bridgehead atoms. The predicted molar refractivity (Wildman–Crippen MR) is 35.9 cm³/mol. The molecule has 0 N–H and O–H groups in total. The van der Waals surface area contributed by atoms with Gasteiger partial charge in [-0.2, -0.15) is 0 Å². The molecule has 0 aromatic rings. The molecule has 0 unspecified atom stereocenters. The average Bonchev–Trinajstić information content (AvgIpc) is 1.83. The third kappa shape index (κ3) is 3.88. The predicted octanol–water partition coefficient (Wildman–Crippen LogP) is 1.99. The van der Waals surface area contributed by atoms with Gasteiger partial charge in [-0.05, 0) is 13.3 Å². The molecule has 0 aliphatic rings. The van der Waals surface area contributed by atoms with E-state index in [4.69, 9.17) is 4.74 Å². The zero-order valence-corrected chi connectivity index (χ0v) is 5.74. The zero-order valence-electron chi connectivity index (χ0n) is 5.74. The Balaban J connectivity index is 2.99. The summed E-state index contributed by atoms with van der Waals surface area (Å²) in [6, 6.07) is 0. The summed E-state index contributed by atoms with van der Waals surface area (Å²) in [5, 5.41) is 0. The highest BCUT2D eigenvalue weighted by atomic mass is 16.5. The minimum absolute atomic E-state index is 0.729. The molecule has 0 fully saturated rings. The van der Waals surface area contributed by atoms with Gasteiger partial charge in [-0.25, -0.2) is 0 Å². The zero-order chi connectivity index (χ0) is 6.41. The highest BCUT2D eigenvalue weighted by Gasteiger charge is 1.86. The van der Waals surface area contributed by atoms with E-state index >= 15 is 0 Å². The van der Waals surface area contributed by atoms with E-state index in [1.165, 1.54) is 5.57 Å². The van der Waals surface area contributed by atoms with Crippen LogP contribution in [0.1, 0.15) is 20.3 Å². The van der Waals surface area contributed by atoms with Crippen LogP contribution in [0, 0.1) is 0 Å². The van der Waals surface area contributed by atoms with Crippen LogP contribution in [-0.2, 0) is 4.74 Å². The second kappa shape index (κ2) is 4.85. The van der Waals surface area contributed by atoms with Gasteiger partial charge in [0.25, 0.3) is 0 Å².